The fourth-order valence-electron chi connectivity index (χ4n) is 4.26. The molecule has 1 aromatic carbocycles. The Morgan fingerprint density at radius 1 is 0.929 bits per heavy atom. The number of ether oxygens (including phenoxy) is 2. The van der Waals surface area contributed by atoms with Gasteiger partial charge in [-0.25, -0.2) is 13.9 Å². The Labute approximate surface area is 235 Å². The van der Waals surface area contributed by atoms with E-state index in [0.29, 0.717) is 5.56 Å². The average Bonchev–Trinajstić information content (AvgIpc) is 3.20. The maximum absolute atomic E-state index is 12.5. The molecule has 2 fully saturated rings. The van der Waals surface area contributed by atoms with Crippen molar-refractivity contribution in [3.8, 4) is 11.1 Å². The lowest BCUT2D eigenvalue weighted by Gasteiger charge is -2.40. The molecule has 2 unspecified atom stereocenters. The fraction of sp³-hybridized carbons (Fsp3) is 0.524. The molecule has 234 valence electrons. The number of aromatic nitrogens is 2. The van der Waals surface area contributed by atoms with Crippen LogP contribution in [0.15, 0.2) is 46.1 Å². The standard InChI is InChI=1S/C21H29N3O16P2/c22-13-16(28)14(26)11(7-25)38-20(13)39-42(34,35)40-41(32,33)36-8-12-15(27)17(29)19(37-12)24-6-10(18(30)23-21(24)31)9-4-2-1-3-5-9/h1-6,11-17,19-20,25-29H,7-8,22H2,(H,32,33)(H,34,35)(H,23,30,31)/t11-,12-,13-,14+,15-,16-,17-,19-,20-/m1/s1. The lowest BCUT2D eigenvalue weighted by Crippen LogP contribution is -2.62. The van der Waals surface area contributed by atoms with Gasteiger partial charge < -0.3 is 50.5 Å². The van der Waals surface area contributed by atoms with Crippen molar-refractivity contribution >= 4 is 15.6 Å². The van der Waals surface area contributed by atoms with Gasteiger partial charge in [0.1, 0.15) is 36.6 Å². The minimum absolute atomic E-state index is 0.0288. The van der Waals surface area contributed by atoms with Crippen molar-refractivity contribution in [2.75, 3.05) is 13.2 Å². The molecule has 21 heteroatoms. The number of benzene rings is 1. The van der Waals surface area contributed by atoms with Crippen molar-refractivity contribution in [1.82, 2.24) is 9.55 Å². The topological polar surface area (TPSA) is 303 Å². The summed E-state index contributed by atoms with van der Waals surface area (Å²) in [5, 5.41) is 49.9. The summed E-state index contributed by atoms with van der Waals surface area (Å²) in [5.41, 5.74) is 4.30. The second-order valence-electron chi connectivity index (χ2n) is 9.33. The van der Waals surface area contributed by atoms with Crippen molar-refractivity contribution in [3.63, 3.8) is 0 Å². The number of hydrogen-bond donors (Lipinski definition) is 9. The number of phosphoric ester groups is 2. The summed E-state index contributed by atoms with van der Waals surface area (Å²) in [7, 11) is -11.0. The van der Waals surface area contributed by atoms with Gasteiger partial charge in [0.2, 0.25) is 0 Å². The predicted molar refractivity (Wildman–Crippen MR) is 136 cm³/mol. The number of aliphatic hydroxyl groups excluding tert-OH is 5. The van der Waals surface area contributed by atoms with Gasteiger partial charge in [-0.3, -0.25) is 23.4 Å². The molecule has 19 nitrogen and oxygen atoms in total. The van der Waals surface area contributed by atoms with Crippen LogP contribution in [-0.4, -0.2) is 107 Å². The SMILES string of the molecule is N[C@H]1[C@@H](OP(=O)(O)OP(=O)(O)OC[C@H]2O[C@@H](n3cc(-c4ccccc4)c(=O)[nH]c3=O)[C@H](O)[C@@H]2O)O[C@H](CO)[C@H](O)[C@@H]1O. The van der Waals surface area contributed by atoms with Crippen LogP contribution in [-0.2, 0) is 32.0 Å². The molecule has 4 rings (SSSR count). The molecule has 2 aromatic rings. The number of hydrogen-bond acceptors (Lipinski definition) is 15. The van der Waals surface area contributed by atoms with Crippen LogP contribution in [0.25, 0.3) is 11.1 Å². The molecule has 0 amide bonds. The molecular weight excluding hydrogens is 612 g/mol. The van der Waals surface area contributed by atoms with E-state index in [4.69, 9.17) is 15.2 Å². The van der Waals surface area contributed by atoms with Gasteiger partial charge in [0.05, 0.1) is 24.8 Å². The number of nitrogens with one attached hydrogen (secondary N) is 1. The highest BCUT2D eigenvalue weighted by atomic mass is 31.3. The van der Waals surface area contributed by atoms with Crippen LogP contribution in [0, 0.1) is 0 Å². The zero-order valence-electron chi connectivity index (χ0n) is 21.3. The summed E-state index contributed by atoms with van der Waals surface area (Å²) < 4.78 is 49.4. The highest BCUT2D eigenvalue weighted by Gasteiger charge is 2.49. The van der Waals surface area contributed by atoms with Crippen molar-refractivity contribution in [1.29, 1.82) is 0 Å². The molecule has 2 saturated heterocycles. The van der Waals surface area contributed by atoms with Gasteiger partial charge in [-0.1, -0.05) is 30.3 Å². The molecule has 3 heterocycles. The third kappa shape index (κ3) is 7.13. The number of nitrogens with zero attached hydrogens (tertiary/aromatic N) is 1. The molecule has 0 spiro atoms. The van der Waals surface area contributed by atoms with Gasteiger partial charge in [0.25, 0.3) is 5.56 Å². The first-order valence-corrected chi connectivity index (χ1v) is 15.1. The second kappa shape index (κ2) is 12.8. The summed E-state index contributed by atoms with van der Waals surface area (Å²) >= 11 is 0. The molecule has 0 saturated carbocycles. The van der Waals surface area contributed by atoms with Crippen LogP contribution in [0.4, 0.5) is 0 Å². The molecule has 11 atom stereocenters. The van der Waals surface area contributed by atoms with Gasteiger partial charge in [-0.2, -0.15) is 4.31 Å². The monoisotopic (exact) mass is 641 g/mol. The minimum atomic E-state index is -5.55. The van der Waals surface area contributed by atoms with Crippen LogP contribution < -0.4 is 17.0 Å². The van der Waals surface area contributed by atoms with Gasteiger partial charge in [0, 0.05) is 6.20 Å². The van der Waals surface area contributed by atoms with E-state index in [1.165, 1.54) is 0 Å². The average molecular weight is 641 g/mol. The van der Waals surface area contributed by atoms with E-state index in [0.717, 1.165) is 10.8 Å². The van der Waals surface area contributed by atoms with E-state index in [1.807, 2.05) is 0 Å². The number of rotatable bonds is 10. The number of aromatic amines is 1. The van der Waals surface area contributed by atoms with Gasteiger partial charge >= 0.3 is 21.3 Å². The summed E-state index contributed by atoms with van der Waals surface area (Å²) in [6, 6.07) is 6.51. The van der Waals surface area contributed by atoms with E-state index in [1.54, 1.807) is 30.3 Å². The predicted octanol–water partition coefficient (Wildman–Crippen LogP) is -3.16. The Bertz CT molecular complexity index is 1450. The number of nitrogens with two attached hydrogens (primary N) is 1. The first-order valence-electron chi connectivity index (χ1n) is 12.1. The molecule has 10 N–H and O–H groups in total. The van der Waals surface area contributed by atoms with E-state index in [2.05, 4.69) is 18.3 Å². The number of H-pyrrole nitrogens is 1. The third-order valence-corrected chi connectivity index (χ3v) is 9.04. The van der Waals surface area contributed by atoms with Crippen molar-refractivity contribution in [2.24, 2.45) is 5.73 Å². The fourth-order valence-corrected chi connectivity index (χ4v) is 6.44. The Balaban J connectivity index is 1.42. The zero-order chi connectivity index (χ0) is 31.0. The van der Waals surface area contributed by atoms with E-state index in [-0.39, 0.29) is 5.56 Å². The van der Waals surface area contributed by atoms with Crippen LogP contribution >= 0.6 is 15.6 Å². The highest BCUT2D eigenvalue weighted by Crippen LogP contribution is 2.61. The lowest BCUT2D eigenvalue weighted by atomic mass is 9.98. The summed E-state index contributed by atoms with van der Waals surface area (Å²) in [4.78, 5) is 46.8. The maximum Gasteiger partial charge on any atom is 0.483 e. The first kappa shape index (κ1) is 32.7. The molecule has 0 bridgehead atoms. The smallest absolute Gasteiger partial charge is 0.394 e. The normalized spacial score (nSPS) is 34.5. The van der Waals surface area contributed by atoms with Crippen molar-refractivity contribution in [3.05, 3.63) is 57.4 Å². The quantitative estimate of drug-likeness (QED) is 0.116. The molecular formula is C21H29N3O16P2. The highest BCUT2D eigenvalue weighted by molar-refractivity contribution is 7.61. The van der Waals surface area contributed by atoms with E-state index in [9.17, 15) is 54.0 Å². The van der Waals surface area contributed by atoms with Crippen molar-refractivity contribution < 1.29 is 67.3 Å². The van der Waals surface area contributed by atoms with Crippen molar-refractivity contribution in [2.45, 2.75) is 55.2 Å². The summed E-state index contributed by atoms with van der Waals surface area (Å²) in [6.07, 6.45) is -12.6. The molecule has 0 aliphatic carbocycles. The molecule has 0 radical (unpaired) electrons. The van der Waals surface area contributed by atoms with Gasteiger partial charge in [-0.05, 0) is 5.56 Å². The second-order valence-corrected chi connectivity index (χ2v) is 12.3. The Morgan fingerprint density at radius 3 is 2.21 bits per heavy atom. The van der Waals surface area contributed by atoms with Crippen LogP contribution in [0.5, 0.6) is 0 Å². The third-order valence-electron chi connectivity index (χ3n) is 6.44. The van der Waals surface area contributed by atoms with Crippen LogP contribution in [0.1, 0.15) is 6.23 Å². The number of aliphatic hydroxyl groups is 5. The van der Waals surface area contributed by atoms with Gasteiger partial charge in [-0.15, -0.1) is 0 Å². The van der Waals surface area contributed by atoms with Gasteiger partial charge in [0.15, 0.2) is 12.5 Å². The maximum atomic E-state index is 12.5. The first-order chi connectivity index (χ1) is 19.6. The van der Waals surface area contributed by atoms with E-state index >= 15 is 0 Å². The molecule has 1 aromatic heterocycles. The Hall–Kier alpha value is -2.16. The largest absolute Gasteiger partial charge is 0.483 e. The molecule has 2 aliphatic rings. The van der Waals surface area contributed by atoms with E-state index < -0.39 is 95.3 Å². The van der Waals surface area contributed by atoms with Crippen LogP contribution in [0.3, 0.4) is 0 Å². The van der Waals surface area contributed by atoms with Crippen LogP contribution in [0.2, 0.25) is 0 Å². The molecule has 2 aliphatic heterocycles. The minimum Gasteiger partial charge on any atom is -0.394 e. The summed E-state index contributed by atoms with van der Waals surface area (Å²) in [6.45, 7) is -1.87. The number of phosphoric acid groups is 2. The Kier molecular flexibility index (Phi) is 10.0. The Morgan fingerprint density at radius 2 is 1.57 bits per heavy atom. The zero-order valence-corrected chi connectivity index (χ0v) is 23.1. The lowest BCUT2D eigenvalue weighted by molar-refractivity contribution is -0.242. The summed E-state index contributed by atoms with van der Waals surface area (Å²) in [5.74, 6) is 0. The molecule has 42 heavy (non-hydrogen) atoms.